The highest BCUT2D eigenvalue weighted by molar-refractivity contribution is 5.87. The highest BCUT2D eigenvalue weighted by Gasteiger charge is 2.05. The van der Waals surface area contributed by atoms with Crippen molar-refractivity contribution in [2.45, 2.75) is 26.8 Å². The standard InChI is InChI=1S/C12H16N2O/c1-9(8-10(2)15)14-11(3)12-6-4-5-7-13-12/h4-8,11,14H,1-3H3/b9-8+. The first-order valence-corrected chi connectivity index (χ1v) is 4.96. The van der Waals surface area contributed by atoms with E-state index in [1.807, 2.05) is 32.0 Å². The van der Waals surface area contributed by atoms with Crippen molar-refractivity contribution in [1.29, 1.82) is 0 Å². The molecule has 0 fully saturated rings. The van der Waals surface area contributed by atoms with Gasteiger partial charge in [0.1, 0.15) is 0 Å². The fourth-order valence-corrected chi connectivity index (χ4v) is 1.39. The number of ketones is 1. The first kappa shape index (κ1) is 11.4. The monoisotopic (exact) mass is 204 g/mol. The molecule has 80 valence electrons. The summed E-state index contributed by atoms with van der Waals surface area (Å²) >= 11 is 0. The Morgan fingerprint density at radius 2 is 2.20 bits per heavy atom. The molecule has 1 atom stereocenters. The number of carbonyl (C=O) groups excluding carboxylic acids is 1. The number of nitrogens with zero attached hydrogens (tertiary/aromatic N) is 1. The molecule has 0 radical (unpaired) electrons. The second-order valence-corrected chi connectivity index (χ2v) is 3.56. The van der Waals surface area contributed by atoms with Gasteiger partial charge in [0, 0.05) is 11.9 Å². The van der Waals surface area contributed by atoms with Crippen LogP contribution in [0, 0.1) is 0 Å². The molecule has 1 aromatic rings. The van der Waals surface area contributed by atoms with Crippen LogP contribution in [0.1, 0.15) is 32.5 Å². The third kappa shape index (κ3) is 3.94. The van der Waals surface area contributed by atoms with Crippen LogP contribution in [0.3, 0.4) is 0 Å². The molecule has 1 heterocycles. The summed E-state index contributed by atoms with van der Waals surface area (Å²) in [5, 5.41) is 3.21. The topological polar surface area (TPSA) is 42.0 Å². The highest BCUT2D eigenvalue weighted by Crippen LogP contribution is 2.09. The molecule has 0 aliphatic heterocycles. The summed E-state index contributed by atoms with van der Waals surface area (Å²) in [6.45, 7) is 5.43. The zero-order valence-electron chi connectivity index (χ0n) is 9.32. The molecular formula is C12H16N2O. The van der Waals surface area contributed by atoms with Gasteiger partial charge < -0.3 is 5.32 Å². The number of aromatic nitrogens is 1. The first-order valence-electron chi connectivity index (χ1n) is 4.96. The lowest BCUT2D eigenvalue weighted by atomic mass is 10.2. The lowest BCUT2D eigenvalue weighted by Crippen LogP contribution is -2.17. The third-order valence-electron chi connectivity index (χ3n) is 2.00. The maximum atomic E-state index is 10.8. The normalized spacial score (nSPS) is 13.4. The largest absolute Gasteiger partial charge is 0.380 e. The Balaban J connectivity index is 2.64. The van der Waals surface area contributed by atoms with Gasteiger partial charge >= 0.3 is 0 Å². The van der Waals surface area contributed by atoms with Gasteiger partial charge in [-0.25, -0.2) is 0 Å². The van der Waals surface area contributed by atoms with E-state index in [2.05, 4.69) is 10.3 Å². The maximum absolute atomic E-state index is 10.8. The van der Waals surface area contributed by atoms with Gasteiger partial charge in [-0.1, -0.05) is 6.07 Å². The molecule has 15 heavy (non-hydrogen) atoms. The summed E-state index contributed by atoms with van der Waals surface area (Å²) in [6.07, 6.45) is 3.34. The average Bonchev–Trinajstić information content (AvgIpc) is 2.17. The molecule has 0 saturated heterocycles. The minimum absolute atomic E-state index is 0.0493. The molecule has 1 aromatic heterocycles. The van der Waals surface area contributed by atoms with Gasteiger partial charge in [0.2, 0.25) is 0 Å². The fourth-order valence-electron chi connectivity index (χ4n) is 1.39. The predicted molar refractivity (Wildman–Crippen MR) is 60.2 cm³/mol. The van der Waals surface area contributed by atoms with E-state index < -0.39 is 0 Å². The summed E-state index contributed by atoms with van der Waals surface area (Å²) in [6, 6.07) is 5.90. The zero-order chi connectivity index (χ0) is 11.3. The van der Waals surface area contributed by atoms with E-state index in [0.29, 0.717) is 0 Å². The van der Waals surface area contributed by atoms with Gasteiger partial charge in [-0.2, -0.15) is 0 Å². The van der Waals surface area contributed by atoms with Crippen molar-refractivity contribution in [2.75, 3.05) is 0 Å². The van der Waals surface area contributed by atoms with E-state index in [-0.39, 0.29) is 11.8 Å². The first-order chi connectivity index (χ1) is 7.09. The Hall–Kier alpha value is -1.64. The van der Waals surface area contributed by atoms with Crippen LogP contribution in [0.4, 0.5) is 0 Å². The van der Waals surface area contributed by atoms with E-state index in [4.69, 9.17) is 0 Å². The van der Waals surface area contributed by atoms with E-state index in [1.54, 1.807) is 12.3 Å². The van der Waals surface area contributed by atoms with Crippen LogP contribution in [0.15, 0.2) is 36.2 Å². The van der Waals surface area contributed by atoms with Gasteiger partial charge in [0.25, 0.3) is 0 Å². The molecule has 1 unspecified atom stereocenters. The van der Waals surface area contributed by atoms with Gasteiger partial charge in [-0.3, -0.25) is 9.78 Å². The van der Waals surface area contributed by atoms with E-state index in [1.165, 1.54) is 6.92 Å². The van der Waals surface area contributed by atoms with Crippen LogP contribution >= 0.6 is 0 Å². The van der Waals surface area contributed by atoms with Crippen molar-refractivity contribution in [3.8, 4) is 0 Å². The lowest BCUT2D eigenvalue weighted by molar-refractivity contribution is -0.112. The van der Waals surface area contributed by atoms with E-state index in [9.17, 15) is 4.79 Å². The molecule has 0 bridgehead atoms. The Bertz CT molecular complexity index is 357. The SMILES string of the molecule is CC(=O)/C=C(\C)NC(C)c1ccccn1. The number of hydrogen-bond donors (Lipinski definition) is 1. The average molecular weight is 204 g/mol. The Kier molecular flexibility index (Phi) is 4.03. The number of allylic oxidation sites excluding steroid dienone is 2. The highest BCUT2D eigenvalue weighted by atomic mass is 16.1. The van der Waals surface area contributed by atoms with Crippen molar-refractivity contribution in [3.63, 3.8) is 0 Å². The fraction of sp³-hybridized carbons (Fsp3) is 0.333. The van der Waals surface area contributed by atoms with Gasteiger partial charge in [-0.05, 0) is 39.0 Å². The van der Waals surface area contributed by atoms with Crippen LogP contribution in [0.25, 0.3) is 0 Å². The van der Waals surface area contributed by atoms with Crippen molar-refractivity contribution < 1.29 is 4.79 Å². The minimum atomic E-state index is 0.0493. The van der Waals surface area contributed by atoms with E-state index in [0.717, 1.165) is 11.4 Å². The van der Waals surface area contributed by atoms with Gasteiger partial charge in [0.05, 0.1) is 11.7 Å². The van der Waals surface area contributed by atoms with Crippen molar-refractivity contribution >= 4 is 5.78 Å². The number of rotatable bonds is 4. The molecule has 3 heteroatoms. The number of nitrogens with one attached hydrogen (secondary N) is 1. The molecule has 1 rings (SSSR count). The summed E-state index contributed by atoms with van der Waals surface area (Å²) in [7, 11) is 0. The molecule has 0 aliphatic carbocycles. The van der Waals surface area contributed by atoms with Gasteiger partial charge in [-0.15, -0.1) is 0 Å². The molecule has 3 nitrogen and oxygen atoms in total. The molecule has 0 aliphatic rings. The molecule has 1 N–H and O–H groups in total. The van der Waals surface area contributed by atoms with Crippen molar-refractivity contribution in [1.82, 2.24) is 10.3 Å². The summed E-state index contributed by atoms with van der Waals surface area (Å²) in [4.78, 5) is 15.1. The van der Waals surface area contributed by atoms with Crippen LogP contribution in [-0.2, 0) is 4.79 Å². The summed E-state index contributed by atoms with van der Waals surface area (Å²) in [5.74, 6) is 0.0493. The molecule has 0 spiro atoms. The minimum Gasteiger partial charge on any atom is -0.380 e. The Morgan fingerprint density at radius 3 is 2.73 bits per heavy atom. The van der Waals surface area contributed by atoms with Gasteiger partial charge in [0.15, 0.2) is 5.78 Å². The smallest absolute Gasteiger partial charge is 0.154 e. The lowest BCUT2D eigenvalue weighted by Gasteiger charge is -2.14. The van der Waals surface area contributed by atoms with Crippen molar-refractivity contribution in [3.05, 3.63) is 41.9 Å². The second kappa shape index (κ2) is 5.29. The van der Waals surface area contributed by atoms with E-state index >= 15 is 0 Å². The van der Waals surface area contributed by atoms with Crippen LogP contribution in [0.5, 0.6) is 0 Å². The molecular weight excluding hydrogens is 188 g/mol. The predicted octanol–water partition coefficient (Wildman–Crippen LogP) is 2.22. The number of hydrogen-bond acceptors (Lipinski definition) is 3. The van der Waals surface area contributed by atoms with Crippen LogP contribution in [-0.4, -0.2) is 10.8 Å². The summed E-state index contributed by atoms with van der Waals surface area (Å²) in [5.41, 5.74) is 1.83. The number of pyridine rings is 1. The zero-order valence-corrected chi connectivity index (χ0v) is 9.32. The quantitative estimate of drug-likeness (QED) is 0.765. The third-order valence-corrected chi connectivity index (χ3v) is 2.00. The summed E-state index contributed by atoms with van der Waals surface area (Å²) < 4.78 is 0. The molecule has 0 aromatic carbocycles. The maximum Gasteiger partial charge on any atom is 0.154 e. The second-order valence-electron chi connectivity index (χ2n) is 3.56. The van der Waals surface area contributed by atoms with Crippen LogP contribution < -0.4 is 5.32 Å². The Labute approximate surface area is 90.2 Å². The Morgan fingerprint density at radius 1 is 1.47 bits per heavy atom. The van der Waals surface area contributed by atoms with Crippen molar-refractivity contribution in [2.24, 2.45) is 0 Å². The van der Waals surface area contributed by atoms with Crippen LogP contribution in [0.2, 0.25) is 0 Å². The number of carbonyl (C=O) groups is 1. The molecule has 0 amide bonds. The molecule has 0 saturated carbocycles.